The Balaban J connectivity index is 1.44. The maximum absolute atomic E-state index is 13.9. The maximum atomic E-state index is 13.9. The zero-order valence-electron chi connectivity index (χ0n) is 20.1. The molecule has 1 aromatic rings. The van der Waals surface area contributed by atoms with Gasteiger partial charge in [-0.1, -0.05) is 0 Å². The first kappa shape index (κ1) is 28.3. The van der Waals surface area contributed by atoms with E-state index in [4.69, 9.17) is 34.8 Å². The van der Waals surface area contributed by atoms with E-state index in [0.29, 0.717) is 38.6 Å². The second-order valence-corrected chi connectivity index (χ2v) is 12.7. The molecule has 9 unspecified atom stereocenters. The first-order valence-electron chi connectivity index (χ1n) is 12.9. The highest BCUT2D eigenvalue weighted by Gasteiger charge is 2.42. The van der Waals surface area contributed by atoms with Crippen LogP contribution in [0.4, 0.5) is 17.6 Å². The van der Waals surface area contributed by atoms with Crippen LogP contribution in [0.5, 0.6) is 0 Å². The van der Waals surface area contributed by atoms with Gasteiger partial charge in [0.25, 0.3) is 0 Å². The highest BCUT2D eigenvalue weighted by Crippen LogP contribution is 2.45. The van der Waals surface area contributed by atoms with E-state index in [9.17, 15) is 22.4 Å². The Labute approximate surface area is 224 Å². The number of nitrogens with zero attached hydrogens (tertiary/aromatic N) is 2. The van der Waals surface area contributed by atoms with Crippen molar-refractivity contribution in [1.29, 1.82) is 0 Å². The fraction of sp³-hybridized carbons (Fsp3) is 0.840. The molecule has 4 rings (SSSR count). The van der Waals surface area contributed by atoms with E-state index in [0.717, 1.165) is 30.0 Å². The van der Waals surface area contributed by atoms with Gasteiger partial charge in [-0.05, 0) is 81.5 Å². The Morgan fingerprint density at radius 2 is 1.75 bits per heavy atom. The van der Waals surface area contributed by atoms with Crippen LogP contribution < -0.4 is 5.32 Å². The molecular formula is C25H34Cl3F4N3O. The molecule has 3 fully saturated rings. The molecule has 1 aromatic heterocycles. The predicted molar refractivity (Wildman–Crippen MR) is 133 cm³/mol. The van der Waals surface area contributed by atoms with Crippen molar-refractivity contribution in [2.24, 2.45) is 29.6 Å². The summed E-state index contributed by atoms with van der Waals surface area (Å²) in [6, 6.07) is 0. The normalized spacial score (nSPS) is 38.0. The van der Waals surface area contributed by atoms with Crippen molar-refractivity contribution in [2.45, 2.75) is 92.8 Å². The molecule has 9 atom stereocenters. The molecule has 36 heavy (non-hydrogen) atoms. The SMILES string of the molecule is O=C(NCC1CCC(Cl)C(Cl)C1)C1CC(Cn2ccnc2C(F)(F)F)CC(C2CCC(F)CC2Cl)C1. The van der Waals surface area contributed by atoms with Gasteiger partial charge >= 0.3 is 6.18 Å². The van der Waals surface area contributed by atoms with Crippen molar-refractivity contribution >= 4 is 40.7 Å². The second-order valence-electron chi connectivity index (χ2n) is 11.0. The summed E-state index contributed by atoms with van der Waals surface area (Å²) < 4.78 is 55.3. The number of imidazole rings is 1. The van der Waals surface area contributed by atoms with Crippen molar-refractivity contribution in [1.82, 2.24) is 14.9 Å². The largest absolute Gasteiger partial charge is 0.449 e. The minimum Gasteiger partial charge on any atom is -0.356 e. The smallest absolute Gasteiger partial charge is 0.356 e. The summed E-state index contributed by atoms with van der Waals surface area (Å²) in [6.45, 7) is 0.649. The first-order chi connectivity index (χ1) is 17.0. The molecule has 1 N–H and O–H groups in total. The Morgan fingerprint density at radius 1 is 0.972 bits per heavy atom. The number of hydrogen-bond donors (Lipinski definition) is 1. The van der Waals surface area contributed by atoms with Crippen LogP contribution in [0.3, 0.4) is 0 Å². The third-order valence-electron chi connectivity index (χ3n) is 8.37. The lowest BCUT2D eigenvalue weighted by atomic mass is 9.66. The third kappa shape index (κ3) is 7.02. The van der Waals surface area contributed by atoms with Gasteiger partial charge in [-0.25, -0.2) is 9.37 Å². The van der Waals surface area contributed by atoms with Gasteiger partial charge in [-0.2, -0.15) is 13.2 Å². The van der Waals surface area contributed by atoms with E-state index in [1.165, 1.54) is 6.20 Å². The first-order valence-corrected chi connectivity index (χ1v) is 14.2. The summed E-state index contributed by atoms with van der Waals surface area (Å²) in [5.41, 5.74) is 0. The highest BCUT2D eigenvalue weighted by molar-refractivity contribution is 6.30. The zero-order valence-corrected chi connectivity index (χ0v) is 22.3. The number of rotatable bonds is 6. The van der Waals surface area contributed by atoms with Gasteiger partial charge in [-0.3, -0.25) is 4.79 Å². The lowest BCUT2D eigenvalue weighted by Crippen LogP contribution is -2.43. The average Bonchev–Trinajstić information content (AvgIpc) is 3.28. The molecule has 0 aromatic carbocycles. The summed E-state index contributed by atoms with van der Waals surface area (Å²) in [5, 5.41) is 2.59. The van der Waals surface area contributed by atoms with Gasteiger partial charge in [0.15, 0.2) is 0 Å². The minimum absolute atomic E-state index is 0.0499. The Hall–Kier alpha value is -0.730. The van der Waals surface area contributed by atoms with Gasteiger partial charge in [0.05, 0.1) is 5.38 Å². The van der Waals surface area contributed by atoms with Crippen molar-refractivity contribution < 1.29 is 22.4 Å². The summed E-state index contributed by atoms with van der Waals surface area (Å²) in [6.07, 6.45) is 2.63. The molecule has 1 heterocycles. The van der Waals surface area contributed by atoms with Gasteiger partial charge in [-0.15, -0.1) is 34.8 Å². The molecule has 0 bridgehead atoms. The van der Waals surface area contributed by atoms with E-state index in [-0.39, 0.29) is 64.6 Å². The van der Waals surface area contributed by atoms with Crippen molar-refractivity contribution in [3.8, 4) is 0 Å². The summed E-state index contributed by atoms with van der Waals surface area (Å²) in [7, 11) is 0. The number of nitrogens with one attached hydrogen (secondary N) is 1. The van der Waals surface area contributed by atoms with E-state index < -0.39 is 18.2 Å². The quantitative estimate of drug-likeness (QED) is 0.300. The number of carbonyl (C=O) groups excluding carboxylic acids is 1. The van der Waals surface area contributed by atoms with Crippen LogP contribution in [-0.2, 0) is 17.5 Å². The van der Waals surface area contributed by atoms with E-state index in [1.807, 2.05) is 0 Å². The van der Waals surface area contributed by atoms with Crippen LogP contribution in [0.15, 0.2) is 12.4 Å². The average molecular weight is 575 g/mol. The third-order valence-corrected chi connectivity index (χ3v) is 10.0. The Morgan fingerprint density at radius 3 is 2.44 bits per heavy atom. The topological polar surface area (TPSA) is 46.9 Å². The summed E-state index contributed by atoms with van der Waals surface area (Å²) in [5.74, 6) is -1.09. The minimum atomic E-state index is -4.54. The van der Waals surface area contributed by atoms with Crippen molar-refractivity contribution in [3.05, 3.63) is 18.2 Å². The molecule has 1 amide bonds. The van der Waals surface area contributed by atoms with E-state index >= 15 is 0 Å². The molecule has 0 radical (unpaired) electrons. The van der Waals surface area contributed by atoms with Crippen LogP contribution in [0, 0.1) is 29.6 Å². The molecule has 204 valence electrons. The number of halogens is 7. The molecule has 0 aliphatic heterocycles. The van der Waals surface area contributed by atoms with Crippen LogP contribution >= 0.6 is 34.8 Å². The van der Waals surface area contributed by atoms with Crippen molar-refractivity contribution in [3.63, 3.8) is 0 Å². The van der Waals surface area contributed by atoms with E-state index in [1.54, 1.807) is 0 Å². The standard InChI is InChI=1S/C25H34Cl3F4N3O/c26-20-4-1-14(9-22(20)28)12-34-23(36)17-8-15(13-35-6-5-33-24(35)25(30,31)32)7-16(10-17)19-3-2-18(29)11-21(19)27/h5-6,14-22H,1-4,7-13H2,(H,34,36). The number of amides is 1. The van der Waals surface area contributed by atoms with Gasteiger partial charge < -0.3 is 9.88 Å². The monoisotopic (exact) mass is 573 g/mol. The van der Waals surface area contributed by atoms with E-state index in [2.05, 4.69) is 10.3 Å². The van der Waals surface area contributed by atoms with Crippen molar-refractivity contribution in [2.75, 3.05) is 6.54 Å². The molecular weight excluding hydrogens is 541 g/mol. The van der Waals surface area contributed by atoms with Crippen LogP contribution in [0.2, 0.25) is 0 Å². The predicted octanol–water partition coefficient (Wildman–Crippen LogP) is 6.81. The fourth-order valence-electron chi connectivity index (χ4n) is 6.54. The number of aromatic nitrogens is 2. The molecule has 4 nitrogen and oxygen atoms in total. The lowest BCUT2D eigenvalue weighted by molar-refractivity contribution is -0.147. The molecule has 0 saturated heterocycles. The molecule has 0 spiro atoms. The Bertz CT molecular complexity index is 885. The van der Waals surface area contributed by atoms with Gasteiger partial charge in [0.2, 0.25) is 11.7 Å². The number of carbonyl (C=O) groups is 1. The second kappa shape index (κ2) is 12.0. The molecule has 3 aliphatic rings. The number of alkyl halides is 7. The van der Waals surface area contributed by atoms with Gasteiger partial charge in [0, 0.05) is 42.2 Å². The zero-order chi connectivity index (χ0) is 26.0. The fourth-order valence-corrected chi connectivity index (χ4v) is 7.68. The maximum Gasteiger partial charge on any atom is 0.449 e. The molecule has 11 heteroatoms. The van der Waals surface area contributed by atoms with Crippen LogP contribution in [-0.4, -0.2) is 44.3 Å². The Kier molecular flexibility index (Phi) is 9.41. The van der Waals surface area contributed by atoms with Crippen LogP contribution in [0.25, 0.3) is 0 Å². The van der Waals surface area contributed by atoms with Gasteiger partial charge in [0.1, 0.15) is 6.17 Å². The lowest BCUT2D eigenvalue weighted by Gasteiger charge is -2.42. The van der Waals surface area contributed by atoms with Crippen LogP contribution in [0.1, 0.15) is 63.6 Å². The summed E-state index contributed by atoms with van der Waals surface area (Å²) >= 11 is 19.1. The molecule has 3 aliphatic carbocycles. The number of hydrogen-bond acceptors (Lipinski definition) is 2. The molecule has 3 saturated carbocycles. The highest BCUT2D eigenvalue weighted by atomic mass is 35.5. The summed E-state index contributed by atoms with van der Waals surface area (Å²) in [4.78, 5) is 16.8.